The molecule has 4 aromatic rings. The van der Waals surface area contributed by atoms with Crippen molar-refractivity contribution < 1.29 is 4.74 Å². The third kappa shape index (κ3) is 3.16. The topological polar surface area (TPSA) is 78.0 Å². The Kier molecular flexibility index (Phi) is 4.31. The Morgan fingerprint density at radius 2 is 1.86 bits per heavy atom. The van der Waals surface area contributed by atoms with Crippen molar-refractivity contribution in [3.8, 4) is 5.75 Å². The van der Waals surface area contributed by atoms with Crippen LogP contribution in [-0.4, -0.2) is 21.4 Å². The highest BCUT2D eigenvalue weighted by Crippen LogP contribution is 2.40. The first kappa shape index (κ1) is 17.6. The summed E-state index contributed by atoms with van der Waals surface area (Å²) in [5.74, 6) is 1.86. The predicted molar refractivity (Wildman–Crippen MR) is 115 cm³/mol. The molecular weight excluding hydrogens is 362 g/mol. The number of nitrogens with zero attached hydrogens (tertiary/aromatic N) is 3. The lowest BCUT2D eigenvalue weighted by Crippen LogP contribution is -2.28. The van der Waals surface area contributed by atoms with Crippen LogP contribution in [0.3, 0.4) is 0 Å². The van der Waals surface area contributed by atoms with Crippen LogP contribution in [0.2, 0.25) is 0 Å². The second kappa shape index (κ2) is 7.13. The van der Waals surface area contributed by atoms with Crippen molar-refractivity contribution in [1.82, 2.24) is 14.8 Å². The number of nitrogens with two attached hydrogens (primary N) is 1. The summed E-state index contributed by atoms with van der Waals surface area (Å²) in [5.41, 5.74) is 8.36. The van der Waals surface area contributed by atoms with Crippen molar-refractivity contribution in [2.45, 2.75) is 25.4 Å². The number of rotatable bonds is 4. The van der Waals surface area contributed by atoms with Gasteiger partial charge in [0.15, 0.2) is 0 Å². The van der Waals surface area contributed by atoms with Crippen molar-refractivity contribution in [3.63, 3.8) is 0 Å². The minimum Gasteiger partial charge on any atom is -0.494 e. The molecule has 1 aliphatic rings. The largest absolute Gasteiger partial charge is 0.494 e. The Morgan fingerprint density at radius 3 is 2.69 bits per heavy atom. The molecule has 5 rings (SSSR count). The fourth-order valence-corrected chi connectivity index (χ4v) is 4.18. The fourth-order valence-electron chi connectivity index (χ4n) is 4.18. The lowest BCUT2D eigenvalue weighted by molar-refractivity contribution is 0.340. The second-order valence-electron chi connectivity index (χ2n) is 7.26. The van der Waals surface area contributed by atoms with E-state index in [9.17, 15) is 0 Å². The van der Waals surface area contributed by atoms with Gasteiger partial charge < -0.3 is 15.8 Å². The molecule has 3 aromatic carbocycles. The quantitative estimate of drug-likeness (QED) is 0.538. The molecule has 6 nitrogen and oxygen atoms in total. The van der Waals surface area contributed by atoms with Crippen molar-refractivity contribution in [2.75, 3.05) is 17.7 Å². The van der Waals surface area contributed by atoms with Gasteiger partial charge in [0, 0.05) is 0 Å². The third-order valence-electron chi connectivity index (χ3n) is 5.48. The summed E-state index contributed by atoms with van der Waals surface area (Å²) >= 11 is 0. The highest BCUT2D eigenvalue weighted by atomic mass is 16.5. The molecule has 0 aliphatic carbocycles. The first-order chi connectivity index (χ1) is 14.2. The maximum Gasteiger partial charge on any atom is 0.241 e. The van der Waals surface area contributed by atoms with Crippen molar-refractivity contribution in [2.24, 2.45) is 0 Å². The van der Waals surface area contributed by atoms with E-state index in [1.165, 1.54) is 21.9 Å². The lowest BCUT2D eigenvalue weighted by atomic mass is 9.90. The van der Waals surface area contributed by atoms with Gasteiger partial charge in [-0.3, -0.25) is 0 Å². The van der Waals surface area contributed by atoms with Gasteiger partial charge in [-0.1, -0.05) is 54.6 Å². The standard InChI is InChI=1S/C23H23N5O/c1-2-29-17-12-10-16(11-13-17)20-14-21(28-23(25-20)26-22(24)27-28)19-9-5-7-15-6-3-4-8-18(15)19/h3-13,20-21H,2,14H2,1H3,(H3,24,25,26,27). The highest BCUT2D eigenvalue weighted by molar-refractivity contribution is 5.86. The summed E-state index contributed by atoms with van der Waals surface area (Å²) in [7, 11) is 0. The maximum atomic E-state index is 5.95. The van der Waals surface area contributed by atoms with Crippen LogP contribution >= 0.6 is 0 Å². The number of nitrogens with one attached hydrogen (secondary N) is 1. The summed E-state index contributed by atoms with van der Waals surface area (Å²) < 4.78 is 7.50. The first-order valence-electron chi connectivity index (χ1n) is 9.92. The zero-order valence-corrected chi connectivity index (χ0v) is 16.2. The van der Waals surface area contributed by atoms with Crippen LogP contribution in [-0.2, 0) is 0 Å². The molecule has 0 saturated heterocycles. The molecule has 146 valence electrons. The van der Waals surface area contributed by atoms with Gasteiger partial charge in [-0.05, 0) is 47.4 Å². The molecule has 3 N–H and O–H groups in total. The molecule has 0 spiro atoms. The maximum absolute atomic E-state index is 5.95. The number of hydrogen-bond donors (Lipinski definition) is 2. The van der Waals surface area contributed by atoms with E-state index < -0.39 is 0 Å². The molecule has 2 unspecified atom stereocenters. The lowest BCUT2D eigenvalue weighted by Gasteiger charge is -2.32. The van der Waals surface area contributed by atoms with E-state index in [1.807, 2.05) is 23.7 Å². The van der Waals surface area contributed by atoms with Gasteiger partial charge in [0.1, 0.15) is 5.75 Å². The summed E-state index contributed by atoms with van der Waals surface area (Å²) in [4.78, 5) is 4.42. The monoisotopic (exact) mass is 385 g/mol. The highest BCUT2D eigenvalue weighted by Gasteiger charge is 2.31. The molecule has 2 heterocycles. The number of nitrogen functional groups attached to an aromatic ring is 1. The van der Waals surface area contributed by atoms with E-state index in [-0.39, 0.29) is 18.0 Å². The molecule has 1 aromatic heterocycles. The molecule has 0 amide bonds. The normalized spacial score (nSPS) is 18.2. The minimum absolute atomic E-state index is 0.0405. The van der Waals surface area contributed by atoms with Crippen LogP contribution < -0.4 is 15.8 Å². The zero-order chi connectivity index (χ0) is 19.8. The molecule has 1 aliphatic heterocycles. The van der Waals surface area contributed by atoms with Crippen LogP contribution in [0, 0.1) is 0 Å². The van der Waals surface area contributed by atoms with Crippen molar-refractivity contribution in [3.05, 3.63) is 77.9 Å². The second-order valence-corrected chi connectivity index (χ2v) is 7.26. The Labute approximate surface area is 169 Å². The molecule has 0 saturated carbocycles. The van der Waals surface area contributed by atoms with Gasteiger partial charge >= 0.3 is 0 Å². The summed E-state index contributed by atoms with van der Waals surface area (Å²) in [6, 6.07) is 23.3. The van der Waals surface area contributed by atoms with Gasteiger partial charge in [-0.15, -0.1) is 5.10 Å². The van der Waals surface area contributed by atoms with Crippen LogP contribution in [0.25, 0.3) is 10.8 Å². The molecule has 29 heavy (non-hydrogen) atoms. The fraction of sp³-hybridized carbons (Fsp3) is 0.217. The number of fused-ring (bicyclic) bond motifs is 2. The van der Waals surface area contributed by atoms with Crippen LogP contribution in [0.1, 0.15) is 36.6 Å². The predicted octanol–water partition coefficient (Wildman–Crippen LogP) is 4.56. The summed E-state index contributed by atoms with van der Waals surface area (Å²) in [6.07, 6.45) is 0.845. The van der Waals surface area contributed by atoms with E-state index >= 15 is 0 Å². The summed E-state index contributed by atoms with van der Waals surface area (Å²) in [6.45, 7) is 2.65. The van der Waals surface area contributed by atoms with Crippen molar-refractivity contribution >= 4 is 22.7 Å². The van der Waals surface area contributed by atoms with Crippen LogP contribution in [0.15, 0.2) is 66.7 Å². The number of ether oxygens (including phenoxy) is 1. The van der Waals surface area contributed by atoms with Crippen LogP contribution in [0.4, 0.5) is 11.9 Å². The smallest absolute Gasteiger partial charge is 0.241 e. The van der Waals surface area contributed by atoms with E-state index in [2.05, 4.69) is 70.0 Å². The van der Waals surface area contributed by atoms with E-state index in [4.69, 9.17) is 10.5 Å². The molecule has 0 radical (unpaired) electrons. The Bertz CT molecular complexity index is 1150. The van der Waals surface area contributed by atoms with Crippen LogP contribution in [0.5, 0.6) is 5.75 Å². The van der Waals surface area contributed by atoms with E-state index in [1.54, 1.807) is 0 Å². The Hall–Kier alpha value is -3.54. The minimum atomic E-state index is 0.0405. The van der Waals surface area contributed by atoms with Gasteiger partial charge in [0.2, 0.25) is 11.9 Å². The molecule has 0 bridgehead atoms. The summed E-state index contributed by atoms with van der Waals surface area (Å²) in [5, 5.41) is 10.4. The average Bonchev–Trinajstić information content (AvgIpc) is 3.13. The van der Waals surface area contributed by atoms with Gasteiger partial charge in [-0.2, -0.15) is 4.98 Å². The number of aromatic nitrogens is 3. The Balaban J connectivity index is 1.57. The van der Waals surface area contributed by atoms with Crippen molar-refractivity contribution in [1.29, 1.82) is 0 Å². The van der Waals surface area contributed by atoms with Gasteiger partial charge in [-0.25, -0.2) is 4.68 Å². The third-order valence-corrected chi connectivity index (χ3v) is 5.48. The molecule has 2 atom stereocenters. The Morgan fingerprint density at radius 1 is 1.07 bits per heavy atom. The van der Waals surface area contributed by atoms with Gasteiger partial charge in [0.05, 0.1) is 18.7 Å². The van der Waals surface area contributed by atoms with E-state index in [0.717, 1.165) is 12.2 Å². The molecule has 6 heteroatoms. The van der Waals surface area contributed by atoms with Gasteiger partial charge in [0.25, 0.3) is 0 Å². The zero-order valence-electron chi connectivity index (χ0n) is 16.2. The SMILES string of the molecule is CCOc1ccc(C2CC(c3cccc4ccccc34)n3nc(N)nc3N2)cc1. The molecule has 0 fully saturated rings. The molecular formula is C23H23N5O. The number of benzene rings is 3. The average molecular weight is 385 g/mol. The number of anilines is 2. The van der Waals surface area contributed by atoms with E-state index in [0.29, 0.717) is 12.6 Å². The first-order valence-corrected chi connectivity index (χ1v) is 9.92. The number of hydrogen-bond acceptors (Lipinski definition) is 5.